The van der Waals surface area contributed by atoms with Gasteiger partial charge >= 0.3 is 0 Å². The van der Waals surface area contributed by atoms with Crippen molar-refractivity contribution >= 4 is 11.9 Å². The Bertz CT molecular complexity index is 1210. The number of ether oxygens (including phenoxy) is 3. The van der Waals surface area contributed by atoms with E-state index in [4.69, 9.17) is 14.2 Å². The topological polar surface area (TPSA) is 48.0 Å². The van der Waals surface area contributed by atoms with Crippen LogP contribution in [0.25, 0.3) is 6.08 Å². The molecule has 0 spiro atoms. The molecule has 5 nitrogen and oxygen atoms in total. The summed E-state index contributed by atoms with van der Waals surface area (Å²) in [5.41, 5.74) is 4.53. The molecule has 2 aliphatic heterocycles. The quantitative estimate of drug-likeness (QED) is 0.460. The highest BCUT2D eigenvalue weighted by Gasteiger charge is 2.36. The predicted molar refractivity (Wildman–Crippen MR) is 128 cm³/mol. The molecule has 0 saturated carbocycles. The fourth-order valence-electron chi connectivity index (χ4n) is 4.42. The van der Waals surface area contributed by atoms with Gasteiger partial charge in [0.15, 0.2) is 5.76 Å². The molecule has 168 valence electrons. The Morgan fingerprint density at radius 2 is 1.88 bits per heavy atom. The van der Waals surface area contributed by atoms with E-state index in [1.165, 1.54) is 5.56 Å². The van der Waals surface area contributed by atoms with E-state index < -0.39 is 0 Å². The first-order valence-corrected chi connectivity index (χ1v) is 11.3. The molecule has 0 aromatic heterocycles. The number of hydrogen-bond donors (Lipinski definition) is 0. The lowest BCUT2D eigenvalue weighted by atomic mass is 9.98. The third-order valence-electron chi connectivity index (χ3n) is 6.27. The van der Waals surface area contributed by atoms with Gasteiger partial charge in [0.1, 0.15) is 24.0 Å². The van der Waals surface area contributed by atoms with Crippen molar-refractivity contribution in [1.29, 1.82) is 0 Å². The van der Waals surface area contributed by atoms with Crippen molar-refractivity contribution in [3.05, 3.63) is 94.2 Å². The van der Waals surface area contributed by atoms with Gasteiger partial charge in [-0.05, 0) is 61.7 Å². The molecule has 0 fully saturated rings. The highest BCUT2D eigenvalue weighted by Crippen LogP contribution is 2.45. The molecule has 2 heterocycles. The summed E-state index contributed by atoms with van der Waals surface area (Å²) in [6.07, 6.45) is 1.79. The van der Waals surface area contributed by atoms with Crippen LogP contribution in [0.15, 0.2) is 66.4 Å². The van der Waals surface area contributed by atoms with Crippen LogP contribution in [-0.2, 0) is 6.54 Å². The Kier molecular flexibility index (Phi) is 5.65. The Morgan fingerprint density at radius 3 is 2.61 bits per heavy atom. The number of fused-ring (bicyclic) bond motifs is 3. The maximum absolute atomic E-state index is 13.2. The minimum Gasteiger partial charge on any atom is -0.494 e. The van der Waals surface area contributed by atoms with Crippen LogP contribution in [0, 0.1) is 6.92 Å². The minimum atomic E-state index is -0.0904. The number of carbonyl (C=O) groups excluding carboxylic acids is 1. The van der Waals surface area contributed by atoms with Crippen LogP contribution in [0.2, 0.25) is 0 Å². The molecule has 0 N–H and O–H groups in total. The standard InChI is InChI=1S/C28H27NO4/c1-4-31-22-12-10-20(11-13-22)15-25-27(30)26-18(2)14-24-23(28(26)33-25)16-29(17-32-24)19(3)21-8-6-5-7-9-21/h5-15,19H,4,16-17H2,1-3H3/b25-15-. The van der Waals surface area contributed by atoms with Crippen LogP contribution < -0.4 is 14.2 Å². The summed E-state index contributed by atoms with van der Waals surface area (Å²) in [5.74, 6) is 2.46. The summed E-state index contributed by atoms with van der Waals surface area (Å²) < 4.78 is 17.8. The van der Waals surface area contributed by atoms with Crippen LogP contribution in [-0.4, -0.2) is 24.0 Å². The van der Waals surface area contributed by atoms with Gasteiger partial charge in [0.2, 0.25) is 5.78 Å². The molecular formula is C28H27NO4. The van der Waals surface area contributed by atoms with Gasteiger partial charge in [0.05, 0.1) is 17.7 Å². The van der Waals surface area contributed by atoms with E-state index in [-0.39, 0.29) is 11.8 Å². The molecule has 5 heteroatoms. The molecule has 0 aliphatic carbocycles. The van der Waals surface area contributed by atoms with Crippen LogP contribution in [0.4, 0.5) is 0 Å². The first kappa shape index (κ1) is 21.3. The molecule has 2 aliphatic rings. The SMILES string of the molecule is CCOc1ccc(/C=C2\Oc3c4c(cc(C)c3C2=O)OCN(C(C)c2ccccc2)C4)cc1. The Hall–Kier alpha value is -3.57. The number of ketones is 1. The van der Waals surface area contributed by atoms with Crippen molar-refractivity contribution in [3.63, 3.8) is 0 Å². The predicted octanol–water partition coefficient (Wildman–Crippen LogP) is 5.92. The van der Waals surface area contributed by atoms with E-state index in [1.54, 1.807) is 6.08 Å². The normalized spacial score (nSPS) is 17.2. The van der Waals surface area contributed by atoms with Gasteiger partial charge in [-0.25, -0.2) is 0 Å². The molecular weight excluding hydrogens is 414 g/mol. The molecule has 1 unspecified atom stereocenters. The van der Waals surface area contributed by atoms with E-state index in [2.05, 4.69) is 24.0 Å². The Morgan fingerprint density at radius 1 is 1.12 bits per heavy atom. The summed E-state index contributed by atoms with van der Waals surface area (Å²) in [6, 6.07) is 20.1. The first-order chi connectivity index (χ1) is 16.0. The van der Waals surface area contributed by atoms with Crippen LogP contribution in [0.1, 0.15) is 52.5 Å². The lowest BCUT2D eigenvalue weighted by Crippen LogP contribution is -2.34. The molecule has 5 rings (SSSR count). The smallest absolute Gasteiger partial charge is 0.232 e. The van der Waals surface area contributed by atoms with Gasteiger partial charge in [0, 0.05) is 12.6 Å². The molecule has 0 radical (unpaired) electrons. The average molecular weight is 442 g/mol. The van der Waals surface area contributed by atoms with Crippen molar-refractivity contribution in [1.82, 2.24) is 4.90 Å². The monoisotopic (exact) mass is 441 g/mol. The van der Waals surface area contributed by atoms with Gasteiger partial charge in [0.25, 0.3) is 0 Å². The minimum absolute atomic E-state index is 0.0904. The second kappa shape index (κ2) is 8.75. The summed E-state index contributed by atoms with van der Waals surface area (Å²) in [6.45, 7) is 7.81. The largest absolute Gasteiger partial charge is 0.494 e. The number of aryl methyl sites for hydroxylation is 1. The van der Waals surface area contributed by atoms with Gasteiger partial charge < -0.3 is 14.2 Å². The zero-order chi connectivity index (χ0) is 22.9. The maximum atomic E-state index is 13.2. The van der Waals surface area contributed by atoms with Gasteiger partial charge in [-0.3, -0.25) is 9.69 Å². The number of hydrogen-bond acceptors (Lipinski definition) is 5. The van der Waals surface area contributed by atoms with E-state index >= 15 is 0 Å². The second-order valence-corrected chi connectivity index (χ2v) is 8.42. The zero-order valence-electron chi connectivity index (χ0n) is 19.1. The Labute approximate surface area is 194 Å². The third kappa shape index (κ3) is 4.00. The summed E-state index contributed by atoms with van der Waals surface area (Å²) >= 11 is 0. The van der Waals surface area contributed by atoms with Crippen molar-refractivity contribution in [3.8, 4) is 17.2 Å². The van der Waals surface area contributed by atoms with Crippen LogP contribution in [0.5, 0.6) is 17.2 Å². The molecule has 33 heavy (non-hydrogen) atoms. The van der Waals surface area contributed by atoms with Gasteiger partial charge in [-0.15, -0.1) is 0 Å². The van der Waals surface area contributed by atoms with E-state index in [0.29, 0.717) is 37.0 Å². The summed E-state index contributed by atoms with van der Waals surface area (Å²) in [5, 5.41) is 0. The fraction of sp³-hybridized carbons (Fsp3) is 0.250. The second-order valence-electron chi connectivity index (χ2n) is 8.42. The number of allylic oxidation sites excluding steroid dienone is 1. The number of carbonyl (C=O) groups is 1. The van der Waals surface area contributed by atoms with Gasteiger partial charge in [-0.2, -0.15) is 0 Å². The summed E-state index contributed by atoms with van der Waals surface area (Å²) in [4.78, 5) is 15.5. The molecule has 0 saturated heterocycles. The van der Waals surface area contributed by atoms with E-state index in [0.717, 1.165) is 28.2 Å². The highest BCUT2D eigenvalue weighted by atomic mass is 16.5. The number of nitrogens with zero attached hydrogens (tertiary/aromatic N) is 1. The molecule has 0 amide bonds. The number of benzene rings is 3. The van der Waals surface area contributed by atoms with Crippen molar-refractivity contribution < 1.29 is 19.0 Å². The molecule has 0 bridgehead atoms. The molecule has 1 atom stereocenters. The number of Topliss-reactive ketones (excluding diaryl/α,β-unsaturated/α-hetero) is 1. The van der Waals surface area contributed by atoms with E-state index in [1.807, 2.05) is 62.4 Å². The highest BCUT2D eigenvalue weighted by molar-refractivity contribution is 6.15. The van der Waals surface area contributed by atoms with E-state index in [9.17, 15) is 4.79 Å². The Balaban J connectivity index is 1.45. The average Bonchev–Trinajstić information content (AvgIpc) is 3.17. The lowest BCUT2D eigenvalue weighted by Gasteiger charge is -2.34. The molecule has 3 aromatic rings. The van der Waals surface area contributed by atoms with Crippen molar-refractivity contribution in [2.45, 2.75) is 33.4 Å². The van der Waals surface area contributed by atoms with Gasteiger partial charge in [-0.1, -0.05) is 42.5 Å². The van der Waals surface area contributed by atoms with Crippen LogP contribution >= 0.6 is 0 Å². The summed E-state index contributed by atoms with van der Waals surface area (Å²) in [7, 11) is 0. The van der Waals surface area contributed by atoms with Crippen molar-refractivity contribution in [2.75, 3.05) is 13.3 Å². The molecule has 3 aromatic carbocycles. The fourth-order valence-corrected chi connectivity index (χ4v) is 4.42. The zero-order valence-corrected chi connectivity index (χ0v) is 19.1. The maximum Gasteiger partial charge on any atom is 0.232 e. The third-order valence-corrected chi connectivity index (χ3v) is 6.27. The first-order valence-electron chi connectivity index (χ1n) is 11.3. The number of rotatable bonds is 5. The lowest BCUT2D eigenvalue weighted by molar-refractivity contribution is 0.0605. The van der Waals surface area contributed by atoms with Crippen molar-refractivity contribution in [2.24, 2.45) is 0 Å². The van der Waals surface area contributed by atoms with Crippen LogP contribution in [0.3, 0.4) is 0 Å².